The summed E-state index contributed by atoms with van der Waals surface area (Å²) in [4.78, 5) is 35.1. The highest BCUT2D eigenvalue weighted by Crippen LogP contribution is 2.19. The molecular weight excluding hydrogens is 336 g/mol. The maximum atomic E-state index is 12.4. The lowest BCUT2D eigenvalue weighted by Gasteiger charge is -2.31. The zero-order valence-corrected chi connectivity index (χ0v) is 15.1. The molecule has 1 aliphatic heterocycles. The van der Waals surface area contributed by atoms with Crippen molar-refractivity contribution < 1.29 is 9.59 Å². The summed E-state index contributed by atoms with van der Waals surface area (Å²) in [7, 11) is 0. The van der Waals surface area contributed by atoms with E-state index < -0.39 is 0 Å². The van der Waals surface area contributed by atoms with Crippen molar-refractivity contribution in [2.45, 2.75) is 32.7 Å². The molecule has 1 saturated heterocycles. The molecule has 2 aromatic rings. The van der Waals surface area contributed by atoms with Crippen LogP contribution >= 0.6 is 11.3 Å². The number of thiazole rings is 1. The summed E-state index contributed by atoms with van der Waals surface area (Å²) < 4.78 is 0. The van der Waals surface area contributed by atoms with Crippen molar-refractivity contribution in [1.82, 2.24) is 20.2 Å². The molecule has 7 heteroatoms. The van der Waals surface area contributed by atoms with Gasteiger partial charge in [-0.1, -0.05) is 13.0 Å². The van der Waals surface area contributed by atoms with E-state index in [9.17, 15) is 9.59 Å². The maximum Gasteiger partial charge on any atom is 0.272 e. The van der Waals surface area contributed by atoms with Crippen molar-refractivity contribution in [2.24, 2.45) is 5.92 Å². The van der Waals surface area contributed by atoms with Crippen LogP contribution in [0.25, 0.3) is 0 Å². The normalized spacial score (nSPS) is 15.2. The minimum absolute atomic E-state index is 0.0432. The average molecular weight is 358 g/mol. The number of piperidine rings is 1. The van der Waals surface area contributed by atoms with E-state index in [1.807, 2.05) is 11.4 Å². The average Bonchev–Trinajstić information content (AvgIpc) is 3.14. The predicted molar refractivity (Wildman–Crippen MR) is 96.2 cm³/mol. The van der Waals surface area contributed by atoms with Gasteiger partial charge in [0.15, 0.2) is 0 Å². The Morgan fingerprint density at radius 1 is 1.32 bits per heavy atom. The van der Waals surface area contributed by atoms with Crippen LogP contribution in [0, 0.1) is 5.92 Å². The largest absolute Gasteiger partial charge is 0.349 e. The van der Waals surface area contributed by atoms with Crippen molar-refractivity contribution in [3.63, 3.8) is 0 Å². The second-order valence-electron chi connectivity index (χ2n) is 6.09. The fourth-order valence-electron chi connectivity index (χ4n) is 2.90. The summed E-state index contributed by atoms with van der Waals surface area (Å²) in [6.07, 6.45) is 3.90. The van der Waals surface area contributed by atoms with Crippen molar-refractivity contribution in [1.29, 1.82) is 0 Å². The van der Waals surface area contributed by atoms with E-state index in [1.165, 1.54) is 0 Å². The summed E-state index contributed by atoms with van der Waals surface area (Å²) in [5, 5.41) is 5.94. The lowest BCUT2D eigenvalue weighted by molar-refractivity contribution is -0.126. The van der Waals surface area contributed by atoms with Gasteiger partial charge < -0.3 is 10.2 Å². The molecule has 3 rings (SSSR count). The molecule has 0 saturated carbocycles. The smallest absolute Gasteiger partial charge is 0.272 e. The van der Waals surface area contributed by atoms with Crippen LogP contribution in [-0.2, 0) is 17.8 Å². The number of nitrogens with zero attached hydrogens (tertiary/aromatic N) is 3. The van der Waals surface area contributed by atoms with Gasteiger partial charge in [-0.2, -0.15) is 0 Å². The fourth-order valence-corrected chi connectivity index (χ4v) is 3.71. The molecule has 3 heterocycles. The fraction of sp³-hybridized carbons (Fsp3) is 0.444. The number of aryl methyl sites for hydroxylation is 1. The first kappa shape index (κ1) is 17.5. The highest BCUT2D eigenvalue weighted by molar-refractivity contribution is 7.09. The van der Waals surface area contributed by atoms with E-state index >= 15 is 0 Å². The van der Waals surface area contributed by atoms with Crippen LogP contribution in [0.15, 0.2) is 29.8 Å². The van der Waals surface area contributed by atoms with Gasteiger partial charge in [-0.25, -0.2) is 4.98 Å². The molecule has 0 radical (unpaired) electrons. The number of aromatic nitrogens is 2. The number of rotatable bonds is 5. The third-order valence-corrected chi connectivity index (χ3v) is 5.31. The van der Waals surface area contributed by atoms with Crippen LogP contribution in [0.3, 0.4) is 0 Å². The molecule has 6 nitrogen and oxygen atoms in total. The molecule has 1 N–H and O–H groups in total. The zero-order chi connectivity index (χ0) is 17.6. The van der Waals surface area contributed by atoms with Crippen molar-refractivity contribution in [2.75, 3.05) is 13.1 Å². The third-order valence-electron chi connectivity index (χ3n) is 4.41. The minimum Gasteiger partial charge on any atom is -0.349 e. The number of hydrogen-bond donors (Lipinski definition) is 1. The summed E-state index contributed by atoms with van der Waals surface area (Å²) in [6, 6.07) is 5.32. The Labute approximate surface area is 151 Å². The molecule has 1 aliphatic rings. The van der Waals surface area contributed by atoms with Gasteiger partial charge in [0.05, 0.1) is 12.2 Å². The van der Waals surface area contributed by atoms with Gasteiger partial charge in [0.2, 0.25) is 5.91 Å². The highest BCUT2D eigenvalue weighted by Gasteiger charge is 2.28. The van der Waals surface area contributed by atoms with E-state index in [-0.39, 0.29) is 17.7 Å². The number of hydrogen-bond acceptors (Lipinski definition) is 5. The summed E-state index contributed by atoms with van der Waals surface area (Å²) in [5.74, 6) is -0.0501. The van der Waals surface area contributed by atoms with Crippen molar-refractivity contribution in [3.05, 3.63) is 46.2 Å². The third kappa shape index (κ3) is 4.42. The van der Waals surface area contributed by atoms with E-state index in [2.05, 4.69) is 22.2 Å². The molecule has 0 aromatic carbocycles. The second kappa shape index (κ2) is 8.20. The van der Waals surface area contributed by atoms with Gasteiger partial charge in [-0.3, -0.25) is 14.6 Å². The standard InChI is InChI=1S/C18H22N4O2S/c1-2-14-12-25-16(21-14)11-20-17(23)13-6-9-22(10-7-13)18(24)15-5-3-4-8-19-15/h3-5,8,12-13H,2,6-7,9-11H2,1H3,(H,20,23). The van der Waals surface area contributed by atoms with E-state index in [4.69, 9.17) is 0 Å². The van der Waals surface area contributed by atoms with Crippen molar-refractivity contribution in [3.8, 4) is 0 Å². The summed E-state index contributed by atoms with van der Waals surface area (Å²) in [6.45, 7) is 3.73. The quantitative estimate of drug-likeness (QED) is 0.890. The molecule has 0 unspecified atom stereocenters. The van der Waals surface area contributed by atoms with Crippen LogP contribution in [0.4, 0.5) is 0 Å². The summed E-state index contributed by atoms with van der Waals surface area (Å²) in [5.41, 5.74) is 1.52. The minimum atomic E-state index is -0.0608. The van der Waals surface area contributed by atoms with Gasteiger partial charge >= 0.3 is 0 Å². The first-order chi connectivity index (χ1) is 12.2. The summed E-state index contributed by atoms with van der Waals surface area (Å²) >= 11 is 1.58. The number of pyridine rings is 1. The Kier molecular flexibility index (Phi) is 5.75. The lowest BCUT2D eigenvalue weighted by atomic mass is 9.95. The zero-order valence-electron chi connectivity index (χ0n) is 14.3. The second-order valence-corrected chi connectivity index (χ2v) is 7.03. The number of nitrogens with one attached hydrogen (secondary N) is 1. The first-order valence-electron chi connectivity index (χ1n) is 8.58. The van der Waals surface area contributed by atoms with Crippen LogP contribution in [0.1, 0.15) is 41.0 Å². The Morgan fingerprint density at radius 3 is 2.76 bits per heavy atom. The topological polar surface area (TPSA) is 75.2 Å². The van der Waals surface area contributed by atoms with Crippen LogP contribution < -0.4 is 5.32 Å². The number of carbonyl (C=O) groups excluding carboxylic acids is 2. The van der Waals surface area contributed by atoms with Crippen molar-refractivity contribution >= 4 is 23.2 Å². The SMILES string of the molecule is CCc1csc(CNC(=O)C2CCN(C(=O)c3ccccn3)CC2)n1. The van der Waals surface area contributed by atoms with Gasteiger partial charge in [-0.05, 0) is 31.4 Å². The molecule has 132 valence electrons. The Hall–Kier alpha value is -2.28. The van der Waals surface area contributed by atoms with Crippen LogP contribution in [0.5, 0.6) is 0 Å². The lowest BCUT2D eigenvalue weighted by Crippen LogP contribution is -2.43. The first-order valence-corrected chi connectivity index (χ1v) is 9.46. The van der Waals surface area contributed by atoms with Gasteiger partial charge in [0.25, 0.3) is 5.91 Å². The highest BCUT2D eigenvalue weighted by atomic mass is 32.1. The Morgan fingerprint density at radius 2 is 2.12 bits per heavy atom. The number of carbonyl (C=O) groups is 2. The number of amides is 2. The molecule has 25 heavy (non-hydrogen) atoms. The van der Waals surface area contributed by atoms with Gasteiger partial charge in [-0.15, -0.1) is 11.3 Å². The monoisotopic (exact) mass is 358 g/mol. The molecule has 2 aromatic heterocycles. The molecule has 0 aliphatic carbocycles. The van der Waals surface area contributed by atoms with Crippen LogP contribution in [-0.4, -0.2) is 39.8 Å². The Balaban J connectivity index is 1.46. The van der Waals surface area contributed by atoms with E-state index in [0.29, 0.717) is 38.2 Å². The maximum absolute atomic E-state index is 12.4. The molecule has 0 spiro atoms. The van der Waals surface area contributed by atoms with Crippen LogP contribution in [0.2, 0.25) is 0 Å². The molecule has 0 bridgehead atoms. The number of likely N-dealkylation sites (tertiary alicyclic amines) is 1. The van der Waals surface area contributed by atoms with E-state index in [0.717, 1.165) is 17.1 Å². The molecule has 2 amide bonds. The molecule has 0 atom stereocenters. The molecular formula is C18H22N4O2S. The molecule has 1 fully saturated rings. The predicted octanol–water partition coefficient (Wildman–Crippen LogP) is 2.27. The van der Waals surface area contributed by atoms with Gasteiger partial charge in [0, 0.05) is 30.6 Å². The van der Waals surface area contributed by atoms with E-state index in [1.54, 1.807) is 34.6 Å². The van der Waals surface area contributed by atoms with Gasteiger partial charge in [0.1, 0.15) is 10.7 Å². The Bertz CT molecular complexity index is 724.